The molecule has 0 bridgehead atoms. The van der Waals surface area contributed by atoms with Crippen molar-refractivity contribution in [3.63, 3.8) is 0 Å². The van der Waals surface area contributed by atoms with Crippen molar-refractivity contribution in [1.29, 1.82) is 0 Å². The third-order valence-corrected chi connectivity index (χ3v) is 3.42. The molecule has 112 valence electrons. The maximum absolute atomic E-state index is 11.6. The number of amides is 1. The first-order valence-corrected chi connectivity index (χ1v) is 7.09. The number of H-pyrrole nitrogens is 1. The van der Waals surface area contributed by atoms with E-state index >= 15 is 0 Å². The van der Waals surface area contributed by atoms with Gasteiger partial charge in [0.1, 0.15) is 0 Å². The topological polar surface area (TPSA) is 67.0 Å². The number of methoxy groups -OCH3 is 1. The van der Waals surface area contributed by atoms with E-state index in [0.29, 0.717) is 13.2 Å². The van der Waals surface area contributed by atoms with Crippen molar-refractivity contribution in [2.45, 2.75) is 0 Å². The summed E-state index contributed by atoms with van der Waals surface area (Å²) in [5.41, 5.74) is 2.82. The first-order chi connectivity index (χ1) is 10.8. The number of fused-ring (bicyclic) bond motifs is 3. The van der Waals surface area contributed by atoms with Crippen LogP contribution in [0.25, 0.3) is 27.9 Å². The van der Waals surface area contributed by atoms with Crippen molar-refractivity contribution in [1.82, 2.24) is 15.3 Å². The van der Waals surface area contributed by atoms with Crippen LogP contribution in [0.5, 0.6) is 0 Å². The van der Waals surface area contributed by atoms with Crippen LogP contribution in [0.4, 0.5) is 0 Å². The number of aromatic nitrogens is 2. The highest BCUT2D eigenvalue weighted by Crippen LogP contribution is 2.25. The van der Waals surface area contributed by atoms with Crippen molar-refractivity contribution in [3.8, 4) is 0 Å². The lowest BCUT2D eigenvalue weighted by Gasteiger charge is -2.00. The van der Waals surface area contributed by atoms with Crippen LogP contribution >= 0.6 is 0 Å². The number of aromatic amines is 1. The summed E-state index contributed by atoms with van der Waals surface area (Å²) in [5, 5.41) is 4.98. The third kappa shape index (κ3) is 2.99. The second-order valence-corrected chi connectivity index (χ2v) is 4.94. The normalized spacial score (nSPS) is 11.5. The van der Waals surface area contributed by atoms with E-state index in [-0.39, 0.29) is 5.91 Å². The van der Waals surface area contributed by atoms with E-state index < -0.39 is 0 Å². The van der Waals surface area contributed by atoms with Gasteiger partial charge in [-0.05, 0) is 18.2 Å². The average molecular weight is 295 g/mol. The Bertz CT molecular complexity index is 836. The van der Waals surface area contributed by atoms with Crippen molar-refractivity contribution < 1.29 is 9.53 Å². The molecule has 1 aromatic carbocycles. The van der Waals surface area contributed by atoms with E-state index in [1.54, 1.807) is 19.4 Å². The molecule has 0 radical (unpaired) electrons. The lowest BCUT2D eigenvalue weighted by molar-refractivity contribution is -0.116. The van der Waals surface area contributed by atoms with Gasteiger partial charge in [0.15, 0.2) is 0 Å². The van der Waals surface area contributed by atoms with Crippen LogP contribution in [0, 0.1) is 0 Å². The summed E-state index contributed by atoms with van der Waals surface area (Å²) in [7, 11) is 1.60. The van der Waals surface area contributed by atoms with Gasteiger partial charge >= 0.3 is 0 Å². The lowest BCUT2D eigenvalue weighted by atomic mass is 10.1. The van der Waals surface area contributed by atoms with Gasteiger partial charge in [-0.2, -0.15) is 0 Å². The zero-order valence-corrected chi connectivity index (χ0v) is 12.3. The summed E-state index contributed by atoms with van der Waals surface area (Å²) >= 11 is 0. The molecular formula is C17H17N3O2. The standard InChI is InChI=1S/C17H17N3O2/c1-22-9-8-18-17(21)7-6-12-10-14-13-4-2-3-5-15(13)20-16(14)11-19-12/h2-7,10-11,20H,8-9H2,1H3,(H,18,21)/b7-6+. The summed E-state index contributed by atoms with van der Waals surface area (Å²) < 4.78 is 4.88. The fourth-order valence-electron chi connectivity index (χ4n) is 2.35. The first kappa shape index (κ1) is 14.3. The number of hydrogen-bond acceptors (Lipinski definition) is 3. The number of carbonyl (C=O) groups excluding carboxylic acids is 1. The van der Waals surface area contributed by atoms with Crippen LogP contribution in [-0.4, -0.2) is 36.1 Å². The number of nitrogens with one attached hydrogen (secondary N) is 2. The Morgan fingerprint density at radius 2 is 2.18 bits per heavy atom. The summed E-state index contributed by atoms with van der Waals surface area (Å²) in [6.07, 6.45) is 4.99. The molecular weight excluding hydrogens is 278 g/mol. The molecule has 3 aromatic rings. The van der Waals surface area contributed by atoms with E-state index in [1.807, 2.05) is 24.3 Å². The summed E-state index contributed by atoms with van der Waals surface area (Å²) in [5.74, 6) is -0.155. The highest BCUT2D eigenvalue weighted by atomic mass is 16.5. The molecule has 2 aromatic heterocycles. The Balaban J connectivity index is 1.82. The molecule has 2 N–H and O–H groups in total. The monoisotopic (exact) mass is 295 g/mol. The van der Waals surface area contributed by atoms with Gasteiger partial charge < -0.3 is 15.0 Å². The van der Waals surface area contributed by atoms with Gasteiger partial charge in [0.2, 0.25) is 5.91 Å². The molecule has 0 saturated carbocycles. The smallest absolute Gasteiger partial charge is 0.244 e. The predicted octanol–water partition coefficient (Wildman–Crippen LogP) is 2.49. The molecule has 0 atom stereocenters. The van der Waals surface area contributed by atoms with Crippen LogP contribution in [0.1, 0.15) is 5.69 Å². The zero-order valence-electron chi connectivity index (χ0n) is 12.3. The van der Waals surface area contributed by atoms with E-state index in [0.717, 1.165) is 27.5 Å². The van der Waals surface area contributed by atoms with Gasteiger partial charge in [-0.1, -0.05) is 18.2 Å². The summed E-state index contributed by atoms with van der Waals surface area (Å²) in [6.45, 7) is 0.994. The Hall–Kier alpha value is -2.66. The average Bonchev–Trinajstić information content (AvgIpc) is 2.91. The van der Waals surface area contributed by atoms with E-state index in [1.165, 1.54) is 6.08 Å². The van der Waals surface area contributed by atoms with Crippen molar-refractivity contribution in [2.24, 2.45) is 0 Å². The van der Waals surface area contributed by atoms with Crippen LogP contribution < -0.4 is 5.32 Å². The highest BCUT2D eigenvalue weighted by molar-refractivity contribution is 6.07. The van der Waals surface area contributed by atoms with Gasteiger partial charge in [0, 0.05) is 36.0 Å². The second kappa shape index (κ2) is 6.41. The molecule has 0 spiro atoms. The minimum atomic E-state index is -0.155. The number of pyridine rings is 1. The molecule has 0 aliphatic rings. The molecule has 0 unspecified atom stereocenters. The second-order valence-electron chi connectivity index (χ2n) is 4.94. The highest BCUT2D eigenvalue weighted by Gasteiger charge is 2.04. The molecule has 5 nitrogen and oxygen atoms in total. The van der Waals surface area contributed by atoms with Crippen LogP contribution in [-0.2, 0) is 9.53 Å². The zero-order chi connectivity index (χ0) is 15.4. The number of nitrogens with zero attached hydrogens (tertiary/aromatic N) is 1. The minimum Gasteiger partial charge on any atom is -0.383 e. The van der Waals surface area contributed by atoms with Gasteiger partial charge in [0.25, 0.3) is 0 Å². The quantitative estimate of drug-likeness (QED) is 0.561. The molecule has 0 aliphatic carbocycles. The summed E-state index contributed by atoms with van der Waals surface area (Å²) in [4.78, 5) is 19.3. The summed E-state index contributed by atoms with van der Waals surface area (Å²) in [6, 6.07) is 10.1. The Kier molecular flexibility index (Phi) is 4.16. The van der Waals surface area contributed by atoms with Crippen LogP contribution in [0.3, 0.4) is 0 Å². The fraction of sp³-hybridized carbons (Fsp3) is 0.176. The van der Waals surface area contributed by atoms with Gasteiger partial charge in [-0.25, -0.2) is 0 Å². The minimum absolute atomic E-state index is 0.155. The number of carbonyl (C=O) groups is 1. The predicted molar refractivity (Wildman–Crippen MR) is 87.5 cm³/mol. The maximum Gasteiger partial charge on any atom is 0.244 e. The number of para-hydroxylation sites is 1. The fourth-order valence-corrected chi connectivity index (χ4v) is 2.35. The molecule has 3 rings (SSSR count). The number of ether oxygens (including phenoxy) is 1. The maximum atomic E-state index is 11.6. The Labute approximate surface area is 128 Å². The lowest BCUT2D eigenvalue weighted by Crippen LogP contribution is -2.24. The van der Waals surface area contributed by atoms with E-state index in [9.17, 15) is 4.79 Å². The molecule has 5 heteroatoms. The van der Waals surface area contributed by atoms with Gasteiger partial charge in [0.05, 0.1) is 24.0 Å². The van der Waals surface area contributed by atoms with E-state index in [2.05, 4.69) is 21.4 Å². The molecule has 1 amide bonds. The van der Waals surface area contributed by atoms with Crippen LogP contribution in [0.2, 0.25) is 0 Å². The molecule has 2 heterocycles. The molecule has 0 saturated heterocycles. The largest absolute Gasteiger partial charge is 0.383 e. The van der Waals surface area contributed by atoms with Crippen LogP contribution in [0.15, 0.2) is 42.6 Å². The Morgan fingerprint density at radius 3 is 3.05 bits per heavy atom. The van der Waals surface area contributed by atoms with Crippen molar-refractivity contribution in [3.05, 3.63) is 48.3 Å². The number of benzene rings is 1. The third-order valence-electron chi connectivity index (χ3n) is 3.42. The molecule has 22 heavy (non-hydrogen) atoms. The molecule has 0 aliphatic heterocycles. The van der Waals surface area contributed by atoms with E-state index in [4.69, 9.17) is 4.74 Å². The number of hydrogen-bond donors (Lipinski definition) is 2. The van der Waals surface area contributed by atoms with Gasteiger partial charge in [-0.3, -0.25) is 9.78 Å². The first-order valence-electron chi connectivity index (χ1n) is 7.09. The SMILES string of the molecule is COCCNC(=O)/C=C/c1cc2c(cn1)[nH]c1ccccc12. The Morgan fingerprint density at radius 1 is 1.32 bits per heavy atom. The van der Waals surface area contributed by atoms with Crippen molar-refractivity contribution in [2.75, 3.05) is 20.3 Å². The molecule has 0 fully saturated rings. The number of rotatable bonds is 5. The van der Waals surface area contributed by atoms with Crippen molar-refractivity contribution >= 4 is 33.8 Å². The van der Waals surface area contributed by atoms with Gasteiger partial charge in [-0.15, -0.1) is 0 Å².